The van der Waals surface area contributed by atoms with Crippen LogP contribution in [0.15, 0.2) is 0 Å². The Bertz CT molecular complexity index is 1100. The minimum absolute atomic E-state index is 0.267. The Balaban J connectivity index is 2.26. The maximum absolute atomic E-state index is 13.2. The van der Waals surface area contributed by atoms with E-state index in [1.807, 2.05) is 0 Å². The molecule has 8 N–H and O–H groups in total. The Labute approximate surface area is 430 Å². The molecule has 11 nitrogen and oxygen atoms in total. The summed E-state index contributed by atoms with van der Waals surface area (Å²) in [6.07, 6.45) is 44.4. The molecule has 1 aliphatic rings. The minimum atomic E-state index is -1.66. The van der Waals surface area contributed by atoms with Gasteiger partial charge in [-0.1, -0.05) is 290 Å². The number of rotatable bonds is 53. The van der Waals surface area contributed by atoms with Gasteiger partial charge in [-0.15, -0.1) is 0 Å². The molecule has 1 heterocycles. The molecule has 418 valence electrons. The third-order valence-electron chi connectivity index (χ3n) is 15.2. The lowest BCUT2D eigenvalue weighted by molar-refractivity contribution is -0.303. The van der Waals surface area contributed by atoms with Crippen molar-refractivity contribution in [1.82, 2.24) is 5.32 Å². The van der Waals surface area contributed by atoms with Gasteiger partial charge in [0, 0.05) is 0 Å². The quantitative estimate of drug-likeness (QED) is 0.0272. The van der Waals surface area contributed by atoms with Crippen LogP contribution in [0.3, 0.4) is 0 Å². The van der Waals surface area contributed by atoms with Gasteiger partial charge in [0.05, 0.1) is 25.4 Å². The smallest absolute Gasteiger partial charge is 0.249 e. The van der Waals surface area contributed by atoms with Gasteiger partial charge >= 0.3 is 0 Å². The van der Waals surface area contributed by atoms with Crippen molar-refractivity contribution >= 4 is 5.91 Å². The maximum atomic E-state index is 13.2. The van der Waals surface area contributed by atoms with Crippen molar-refractivity contribution < 1.29 is 50.0 Å². The molecular formula is C59H117NO10. The predicted molar refractivity (Wildman–Crippen MR) is 289 cm³/mol. The number of unbranched alkanes of at least 4 members (excludes halogenated alkanes) is 41. The number of hydrogen-bond acceptors (Lipinski definition) is 10. The molecule has 1 rings (SSSR count). The van der Waals surface area contributed by atoms with Gasteiger partial charge in [-0.25, -0.2) is 0 Å². The molecule has 9 unspecified atom stereocenters. The number of aliphatic hydroxyl groups excluding tert-OH is 7. The van der Waals surface area contributed by atoms with Gasteiger partial charge < -0.3 is 50.5 Å². The summed E-state index contributed by atoms with van der Waals surface area (Å²) in [7, 11) is 0. The molecule has 0 aromatic rings. The molecule has 0 aliphatic carbocycles. The number of ether oxygens (including phenoxy) is 2. The van der Waals surface area contributed by atoms with Crippen LogP contribution < -0.4 is 5.32 Å². The van der Waals surface area contributed by atoms with Gasteiger partial charge in [0.15, 0.2) is 6.29 Å². The van der Waals surface area contributed by atoms with Gasteiger partial charge in [-0.2, -0.15) is 0 Å². The highest BCUT2D eigenvalue weighted by atomic mass is 16.7. The van der Waals surface area contributed by atoms with Crippen LogP contribution in [0.5, 0.6) is 0 Å². The van der Waals surface area contributed by atoms with Crippen molar-refractivity contribution in [3.05, 3.63) is 0 Å². The molecule has 1 amide bonds. The van der Waals surface area contributed by atoms with Gasteiger partial charge in [-0.05, 0) is 12.8 Å². The average Bonchev–Trinajstić information content (AvgIpc) is 3.36. The molecule has 0 spiro atoms. The van der Waals surface area contributed by atoms with Gasteiger partial charge in [0.25, 0.3) is 0 Å². The average molecular weight is 1000 g/mol. The molecule has 70 heavy (non-hydrogen) atoms. The summed E-state index contributed by atoms with van der Waals surface area (Å²) in [5.41, 5.74) is 0. The molecule has 0 aromatic carbocycles. The van der Waals surface area contributed by atoms with Crippen molar-refractivity contribution in [2.45, 2.75) is 358 Å². The van der Waals surface area contributed by atoms with Crippen molar-refractivity contribution in [3.8, 4) is 0 Å². The first-order valence-electron chi connectivity index (χ1n) is 30.4. The third-order valence-corrected chi connectivity index (χ3v) is 15.2. The third kappa shape index (κ3) is 36.9. The van der Waals surface area contributed by atoms with Gasteiger partial charge in [0.1, 0.15) is 36.6 Å². The largest absolute Gasteiger partial charge is 0.394 e. The maximum Gasteiger partial charge on any atom is 0.249 e. The first-order chi connectivity index (χ1) is 34.2. The van der Waals surface area contributed by atoms with Crippen LogP contribution in [0.1, 0.15) is 303 Å². The van der Waals surface area contributed by atoms with E-state index < -0.39 is 74.2 Å². The van der Waals surface area contributed by atoms with E-state index >= 15 is 0 Å². The number of aliphatic hydroxyl groups is 7. The van der Waals surface area contributed by atoms with E-state index in [2.05, 4.69) is 19.2 Å². The summed E-state index contributed by atoms with van der Waals surface area (Å²) in [5, 5.41) is 76.2. The van der Waals surface area contributed by atoms with Crippen molar-refractivity contribution in [2.75, 3.05) is 13.2 Å². The molecule has 9 atom stereocenters. The first-order valence-corrected chi connectivity index (χ1v) is 30.4. The van der Waals surface area contributed by atoms with Crippen molar-refractivity contribution in [3.63, 3.8) is 0 Å². The molecule has 0 aromatic heterocycles. The van der Waals surface area contributed by atoms with E-state index in [0.29, 0.717) is 19.3 Å². The fourth-order valence-corrected chi connectivity index (χ4v) is 10.2. The lowest BCUT2D eigenvalue weighted by atomic mass is 9.98. The number of carbonyl (C=O) groups is 1. The van der Waals surface area contributed by atoms with E-state index in [4.69, 9.17) is 9.47 Å². The Morgan fingerprint density at radius 1 is 0.443 bits per heavy atom. The lowest BCUT2D eigenvalue weighted by Gasteiger charge is -2.40. The zero-order valence-electron chi connectivity index (χ0n) is 45.8. The molecule has 1 fully saturated rings. The van der Waals surface area contributed by atoms with Crippen LogP contribution in [-0.2, 0) is 14.3 Å². The number of carbonyl (C=O) groups excluding carboxylic acids is 1. The minimum Gasteiger partial charge on any atom is -0.394 e. The van der Waals surface area contributed by atoms with Crippen molar-refractivity contribution in [2.24, 2.45) is 0 Å². The Morgan fingerprint density at radius 2 is 0.743 bits per heavy atom. The second-order valence-corrected chi connectivity index (χ2v) is 21.8. The Kier molecular flexibility index (Phi) is 47.0. The summed E-state index contributed by atoms with van der Waals surface area (Å²) in [4.78, 5) is 13.2. The number of hydrogen-bond donors (Lipinski definition) is 8. The second-order valence-electron chi connectivity index (χ2n) is 21.8. The molecule has 1 aliphatic heterocycles. The second kappa shape index (κ2) is 49.0. The fraction of sp³-hybridized carbons (Fsp3) is 0.983. The molecule has 0 radical (unpaired) electrons. The molecular weight excluding hydrogens is 883 g/mol. The first kappa shape index (κ1) is 67.1. The van der Waals surface area contributed by atoms with Gasteiger partial charge in [-0.3, -0.25) is 4.79 Å². The Hall–Kier alpha value is -0.890. The SMILES string of the molecule is CCCCCCCCCCCCCCCCCCCCCCCCCCCCC(O)C(O)C(COC1OC(CO)C(O)C(O)C1O)NC(=O)C(O)CCCCCCCCCCCCCCCCCCC. The monoisotopic (exact) mass is 1000 g/mol. The topological polar surface area (TPSA) is 189 Å². The molecule has 0 saturated carbocycles. The molecule has 0 bridgehead atoms. The highest BCUT2D eigenvalue weighted by Crippen LogP contribution is 2.24. The summed E-state index contributed by atoms with van der Waals surface area (Å²) in [6.45, 7) is 3.50. The summed E-state index contributed by atoms with van der Waals surface area (Å²) >= 11 is 0. The van der Waals surface area contributed by atoms with E-state index in [-0.39, 0.29) is 6.42 Å². The highest BCUT2D eigenvalue weighted by molar-refractivity contribution is 5.80. The zero-order valence-corrected chi connectivity index (χ0v) is 45.8. The summed E-state index contributed by atoms with van der Waals surface area (Å²) in [6, 6.07) is -1.16. The van der Waals surface area contributed by atoms with E-state index in [0.717, 1.165) is 38.5 Å². The standard InChI is InChI=1S/C59H117NO10/c1-3-5-7-9-11-13-15-17-19-21-22-23-24-25-26-27-28-29-31-32-34-36-38-40-42-44-46-51(62)54(64)50(49-69-59-57(67)56(66)55(65)53(48-61)70-59)60-58(68)52(63)47-45-43-41-39-37-35-33-30-20-18-16-14-12-10-8-6-4-2/h50-57,59,61-67H,3-49H2,1-2H3,(H,60,68). The van der Waals surface area contributed by atoms with Gasteiger partial charge in [0.2, 0.25) is 5.91 Å². The highest BCUT2D eigenvalue weighted by Gasteiger charge is 2.44. The molecule has 1 saturated heterocycles. The lowest BCUT2D eigenvalue weighted by Crippen LogP contribution is -2.60. The van der Waals surface area contributed by atoms with Crippen LogP contribution in [0.25, 0.3) is 0 Å². The van der Waals surface area contributed by atoms with E-state index in [9.17, 15) is 40.5 Å². The Morgan fingerprint density at radius 3 is 1.06 bits per heavy atom. The van der Waals surface area contributed by atoms with Crippen LogP contribution in [0.2, 0.25) is 0 Å². The number of nitrogens with one attached hydrogen (secondary N) is 1. The number of amides is 1. The van der Waals surface area contributed by atoms with Crippen molar-refractivity contribution in [1.29, 1.82) is 0 Å². The van der Waals surface area contributed by atoms with Crippen LogP contribution >= 0.6 is 0 Å². The van der Waals surface area contributed by atoms with Crippen LogP contribution in [0, 0.1) is 0 Å². The van der Waals surface area contributed by atoms with Crippen LogP contribution in [0.4, 0.5) is 0 Å². The normalized spacial score (nSPS) is 20.2. The summed E-state index contributed by atoms with van der Waals surface area (Å²) < 4.78 is 11.2. The van der Waals surface area contributed by atoms with E-state index in [1.54, 1.807) is 0 Å². The van der Waals surface area contributed by atoms with E-state index in [1.165, 1.54) is 225 Å². The fourth-order valence-electron chi connectivity index (χ4n) is 10.2. The molecule has 11 heteroatoms. The van der Waals surface area contributed by atoms with Crippen LogP contribution in [-0.4, -0.2) is 110 Å². The zero-order chi connectivity index (χ0) is 51.1. The summed E-state index contributed by atoms with van der Waals surface area (Å²) in [5.74, 6) is -0.689. The predicted octanol–water partition coefficient (Wildman–Crippen LogP) is 13.0.